The van der Waals surface area contributed by atoms with Gasteiger partial charge in [-0.2, -0.15) is 5.10 Å². The number of aromatic amines is 1. The van der Waals surface area contributed by atoms with Gasteiger partial charge in [0.2, 0.25) is 0 Å². The van der Waals surface area contributed by atoms with Crippen LogP contribution in [0.25, 0.3) is 0 Å². The summed E-state index contributed by atoms with van der Waals surface area (Å²) in [4.78, 5) is 25.3. The number of carbonyl (C=O) groups excluding carboxylic acids is 1. The van der Waals surface area contributed by atoms with Gasteiger partial charge in [-0.25, -0.2) is 9.97 Å². The molecule has 1 N–H and O–H groups in total. The van der Waals surface area contributed by atoms with Crippen molar-refractivity contribution in [2.75, 3.05) is 7.05 Å². The van der Waals surface area contributed by atoms with Crippen molar-refractivity contribution in [3.63, 3.8) is 0 Å². The van der Waals surface area contributed by atoms with Crippen molar-refractivity contribution in [3.8, 4) is 0 Å². The van der Waals surface area contributed by atoms with Crippen LogP contribution in [0.15, 0.2) is 12.4 Å². The quantitative estimate of drug-likeness (QED) is 0.889. The highest BCUT2D eigenvalue weighted by atomic mass is 35.5. The lowest BCUT2D eigenvalue weighted by molar-refractivity contribution is 0.0775. The standard InChI is InChI=1S/C10H11ClN6O/c1-6-13-9(16-15-6)5-17(2)10(18)7-3-12-4-8(11)14-7/h3-4H,5H2,1-2H3,(H,13,15,16). The Kier molecular flexibility index (Phi) is 3.52. The Morgan fingerprint density at radius 1 is 1.44 bits per heavy atom. The third-order valence-corrected chi connectivity index (χ3v) is 2.38. The number of nitrogens with one attached hydrogen (secondary N) is 1. The summed E-state index contributed by atoms with van der Waals surface area (Å²) in [7, 11) is 1.64. The molecule has 0 aliphatic heterocycles. The maximum atomic E-state index is 12.0. The first-order chi connectivity index (χ1) is 8.56. The van der Waals surface area contributed by atoms with Crippen LogP contribution in [0.2, 0.25) is 5.15 Å². The van der Waals surface area contributed by atoms with Gasteiger partial charge >= 0.3 is 0 Å². The first-order valence-corrected chi connectivity index (χ1v) is 5.55. The van der Waals surface area contributed by atoms with Crippen molar-refractivity contribution in [1.29, 1.82) is 0 Å². The summed E-state index contributed by atoms with van der Waals surface area (Å²) >= 11 is 5.68. The number of hydrogen-bond acceptors (Lipinski definition) is 5. The third kappa shape index (κ3) is 2.80. The van der Waals surface area contributed by atoms with Crippen molar-refractivity contribution < 1.29 is 4.79 Å². The lowest BCUT2D eigenvalue weighted by Gasteiger charge is -2.14. The molecule has 2 heterocycles. The van der Waals surface area contributed by atoms with Gasteiger partial charge in [-0.15, -0.1) is 0 Å². The molecule has 0 bridgehead atoms. The van der Waals surface area contributed by atoms with Gasteiger partial charge in [-0.05, 0) is 6.92 Å². The molecule has 0 fully saturated rings. The Morgan fingerprint density at radius 3 is 2.83 bits per heavy atom. The lowest BCUT2D eigenvalue weighted by atomic mass is 10.4. The minimum atomic E-state index is -0.285. The summed E-state index contributed by atoms with van der Waals surface area (Å²) in [6, 6.07) is 0. The molecule has 0 unspecified atom stereocenters. The number of carbonyl (C=O) groups is 1. The van der Waals surface area contributed by atoms with Crippen molar-refractivity contribution in [1.82, 2.24) is 30.0 Å². The van der Waals surface area contributed by atoms with Gasteiger partial charge in [-0.1, -0.05) is 11.6 Å². The van der Waals surface area contributed by atoms with Crippen molar-refractivity contribution >= 4 is 17.5 Å². The van der Waals surface area contributed by atoms with Gasteiger partial charge in [0.05, 0.1) is 18.9 Å². The van der Waals surface area contributed by atoms with Crippen LogP contribution >= 0.6 is 11.6 Å². The van der Waals surface area contributed by atoms with Crippen molar-refractivity contribution in [2.24, 2.45) is 0 Å². The molecule has 2 aromatic heterocycles. The molecule has 0 atom stereocenters. The highest BCUT2D eigenvalue weighted by Gasteiger charge is 2.15. The second-order valence-corrected chi connectivity index (χ2v) is 4.11. The average molecular weight is 267 g/mol. The summed E-state index contributed by atoms with van der Waals surface area (Å²) in [6.45, 7) is 2.08. The molecule has 0 aliphatic carbocycles. The fraction of sp³-hybridized carbons (Fsp3) is 0.300. The predicted molar refractivity (Wildman–Crippen MR) is 64.0 cm³/mol. The molecule has 0 aromatic carbocycles. The summed E-state index contributed by atoms with van der Waals surface area (Å²) < 4.78 is 0. The van der Waals surface area contributed by atoms with Crippen molar-refractivity contribution in [2.45, 2.75) is 13.5 Å². The van der Waals surface area contributed by atoms with E-state index in [9.17, 15) is 4.79 Å². The van der Waals surface area contributed by atoms with Crippen LogP contribution in [-0.4, -0.2) is 43.0 Å². The smallest absolute Gasteiger partial charge is 0.274 e. The largest absolute Gasteiger partial charge is 0.333 e. The van der Waals surface area contributed by atoms with E-state index in [1.807, 2.05) is 0 Å². The summed E-state index contributed by atoms with van der Waals surface area (Å²) in [5, 5.41) is 6.85. The molecular weight excluding hydrogens is 256 g/mol. The molecule has 1 amide bonds. The van der Waals surface area contributed by atoms with Gasteiger partial charge < -0.3 is 4.90 Å². The van der Waals surface area contributed by atoms with E-state index in [0.717, 1.165) is 0 Å². The molecule has 2 aromatic rings. The van der Waals surface area contributed by atoms with E-state index < -0.39 is 0 Å². The number of hydrogen-bond donors (Lipinski definition) is 1. The lowest BCUT2D eigenvalue weighted by Crippen LogP contribution is -2.27. The van der Waals surface area contributed by atoms with Crippen LogP contribution in [0.3, 0.4) is 0 Å². The van der Waals surface area contributed by atoms with E-state index in [4.69, 9.17) is 11.6 Å². The zero-order chi connectivity index (χ0) is 13.1. The second kappa shape index (κ2) is 5.09. The SMILES string of the molecule is Cc1nc(CN(C)C(=O)c2cncc(Cl)n2)n[nH]1. The zero-order valence-corrected chi connectivity index (χ0v) is 10.6. The van der Waals surface area contributed by atoms with Crippen LogP contribution in [0.5, 0.6) is 0 Å². The van der Waals surface area contributed by atoms with E-state index in [2.05, 4.69) is 25.1 Å². The Morgan fingerprint density at radius 2 is 2.22 bits per heavy atom. The van der Waals surface area contributed by atoms with Crippen LogP contribution in [-0.2, 0) is 6.54 Å². The van der Waals surface area contributed by atoms with E-state index >= 15 is 0 Å². The monoisotopic (exact) mass is 266 g/mol. The molecule has 18 heavy (non-hydrogen) atoms. The highest BCUT2D eigenvalue weighted by molar-refractivity contribution is 6.29. The highest BCUT2D eigenvalue weighted by Crippen LogP contribution is 2.06. The second-order valence-electron chi connectivity index (χ2n) is 3.73. The maximum Gasteiger partial charge on any atom is 0.274 e. The Labute approximate surface area is 108 Å². The molecule has 0 saturated heterocycles. The number of H-pyrrole nitrogens is 1. The third-order valence-electron chi connectivity index (χ3n) is 2.19. The summed E-state index contributed by atoms with van der Waals surface area (Å²) in [5.74, 6) is 0.958. The van der Waals surface area contributed by atoms with Crippen molar-refractivity contribution in [3.05, 3.63) is 34.9 Å². The van der Waals surface area contributed by atoms with Gasteiger partial charge in [0.15, 0.2) is 5.82 Å². The molecule has 0 spiro atoms. The Bertz CT molecular complexity index is 569. The van der Waals surface area contributed by atoms with E-state index in [0.29, 0.717) is 11.6 Å². The van der Waals surface area contributed by atoms with E-state index in [1.165, 1.54) is 17.3 Å². The van der Waals surface area contributed by atoms with Crippen LogP contribution in [0.4, 0.5) is 0 Å². The van der Waals surface area contributed by atoms with Gasteiger partial charge in [0, 0.05) is 7.05 Å². The minimum Gasteiger partial charge on any atom is -0.333 e. The number of amides is 1. The zero-order valence-electron chi connectivity index (χ0n) is 9.88. The van der Waals surface area contributed by atoms with Crippen LogP contribution < -0.4 is 0 Å². The summed E-state index contributed by atoms with van der Waals surface area (Å²) in [5.41, 5.74) is 0.192. The number of aryl methyl sites for hydroxylation is 1. The fourth-order valence-corrected chi connectivity index (χ4v) is 1.53. The normalized spacial score (nSPS) is 10.4. The molecular formula is C10H11ClN6O. The molecule has 0 aliphatic rings. The van der Waals surface area contributed by atoms with Gasteiger partial charge in [-0.3, -0.25) is 14.9 Å². The Hall–Kier alpha value is -2.02. The van der Waals surface area contributed by atoms with Gasteiger partial charge in [0.1, 0.15) is 16.7 Å². The Balaban J connectivity index is 2.09. The first kappa shape index (κ1) is 12.4. The molecule has 0 saturated carbocycles. The molecule has 0 radical (unpaired) electrons. The topological polar surface area (TPSA) is 87.7 Å². The molecule has 8 heteroatoms. The maximum absolute atomic E-state index is 12.0. The molecule has 94 valence electrons. The van der Waals surface area contributed by atoms with Crippen LogP contribution in [0.1, 0.15) is 22.1 Å². The number of rotatable bonds is 3. The minimum absolute atomic E-state index is 0.183. The van der Waals surface area contributed by atoms with E-state index in [-0.39, 0.29) is 23.3 Å². The van der Waals surface area contributed by atoms with E-state index in [1.54, 1.807) is 14.0 Å². The van der Waals surface area contributed by atoms with Crippen LogP contribution in [0, 0.1) is 6.92 Å². The predicted octanol–water partition coefficient (Wildman–Crippen LogP) is 0.829. The summed E-state index contributed by atoms with van der Waals surface area (Å²) in [6.07, 6.45) is 2.74. The molecule has 7 nitrogen and oxygen atoms in total. The molecule has 2 rings (SSSR count). The number of aromatic nitrogens is 5. The number of halogens is 1. The first-order valence-electron chi connectivity index (χ1n) is 5.17. The number of nitrogens with zero attached hydrogens (tertiary/aromatic N) is 5. The average Bonchev–Trinajstić information content (AvgIpc) is 2.73. The fourth-order valence-electron chi connectivity index (χ4n) is 1.38. The van der Waals surface area contributed by atoms with Gasteiger partial charge in [0.25, 0.3) is 5.91 Å².